The summed E-state index contributed by atoms with van der Waals surface area (Å²) in [6.45, 7) is 9.77. The molecule has 0 radical (unpaired) electrons. The van der Waals surface area contributed by atoms with Gasteiger partial charge in [-0.25, -0.2) is 9.67 Å². The molecule has 2 aromatic rings. The number of nitrogens with two attached hydrogens (primary N) is 1. The summed E-state index contributed by atoms with van der Waals surface area (Å²) in [5.74, 6) is 0. The van der Waals surface area contributed by atoms with Crippen molar-refractivity contribution in [1.29, 1.82) is 0 Å². The molecule has 118 valence electrons. The molecule has 22 heavy (non-hydrogen) atoms. The highest BCUT2D eigenvalue weighted by molar-refractivity contribution is 5.41. The Bertz CT molecular complexity index is 633. The summed E-state index contributed by atoms with van der Waals surface area (Å²) in [6.07, 6.45) is 4.37. The SMILES string of the molecule is Cc1cc(CN2CCC(N)C(C)(C)C2)ccc1-n1cncn1. The molecule has 2 N–H and O–H groups in total. The molecule has 2 heterocycles. The zero-order chi connectivity index (χ0) is 15.7. The van der Waals surface area contributed by atoms with E-state index in [1.165, 1.54) is 11.1 Å². The molecule has 1 fully saturated rings. The van der Waals surface area contributed by atoms with Crippen LogP contribution in [-0.4, -0.2) is 38.8 Å². The molecule has 1 aromatic heterocycles. The van der Waals surface area contributed by atoms with E-state index < -0.39 is 0 Å². The van der Waals surface area contributed by atoms with Crippen molar-refractivity contribution in [3.63, 3.8) is 0 Å². The summed E-state index contributed by atoms with van der Waals surface area (Å²) in [4.78, 5) is 6.52. The van der Waals surface area contributed by atoms with Crippen LogP contribution in [0.3, 0.4) is 0 Å². The van der Waals surface area contributed by atoms with Crippen molar-refractivity contribution < 1.29 is 0 Å². The highest BCUT2D eigenvalue weighted by Gasteiger charge is 2.33. The Hall–Kier alpha value is -1.72. The van der Waals surface area contributed by atoms with Gasteiger partial charge in [-0.1, -0.05) is 26.0 Å². The summed E-state index contributed by atoms with van der Waals surface area (Å²) in [6, 6.07) is 6.87. The quantitative estimate of drug-likeness (QED) is 0.943. The number of hydrogen-bond donors (Lipinski definition) is 1. The lowest BCUT2D eigenvalue weighted by Gasteiger charge is -2.42. The number of rotatable bonds is 3. The highest BCUT2D eigenvalue weighted by atomic mass is 15.3. The topological polar surface area (TPSA) is 60.0 Å². The van der Waals surface area contributed by atoms with Gasteiger partial charge in [0, 0.05) is 25.7 Å². The van der Waals surface area contributed by atoms with Crippen LogP contribution < -0.4 is 5.73 Å². The van der Waals surface area contributed by atoms with Crippen molar-refractivity contribution in [3.8, 4) is 5.69 Å². The first-order chi connectivity index (χ1) is 10.5. The van der Waals surface area contributed by atoms with E-state index >= 15 is 0 Å². The van der Waals surface area contributed by atoms with Crippen LogP contribution in [-0.2, 0) is 6.54 Å². The number of aromatic nitrogens is 3. The molecule has 1 aliphatic heterocycles. The number of piperidine rings is 1. The van der Waals surface area contributed by atoms with Crippen LogP contribution in [0.2, 0.25) is 0 Å². The van der Waals surface area contributed by atoms with Crippen molar-refractivity contribution in [2.24, 2.45) is 11.1 Å². The molecule has 1 aromatic carbocycles. The van der Waals surface area contributed by atoms with Crippen LogP contribution in [0.5, 0.6) is 0 Å². The van der Waals surface area contributed by atoms with Crippen molar-refractivity contribution in [1.82, 2.24) is 19.7 Å². The van der Waals surface area contributed by atoms with Crippen LogP contribution >= 0.6 is 0 Å². The van der Waals surface area contributed by atoms with Crippen molar-refractivity contribution in [2.75, 3.05) is 13.1 Å². The van der Waals surface area contributed by atoms with Crippen molar-refractivity contribution >= 4 is 0 Å². The van der Waals surface area contributed by atoms with E-state index in [9.17, 15) is 0 Å². The molecule has 5 heteroatoms. The van der Waals surface area contributed by atoms with E-state index in [4.69, 9.17) is 5.73 Å². The first kappa shape index (κ1) is 15.2. The number of benzene rings is 1. The third-order valence-electron chi connectivity index (χ3n) is 4.72. The van der Waals surface area contributed by atoms with E-state index in [2.05, 4.69) is 54.0 Å². The first-order valence-corrected chi connectivity index (χ1v) is 7.88. The van der Waals surface area contributed by atoms with Crippen LogP contribution in [0, 0.1) is 12.3 Å². The summed E-state index contributed by atoms with van der Waals surface area (Å²) in [5.41, 5.74) is 10.1. The fourth-order valence-electron chi connectivity index (χ4n) is 3.28. The van der Waals surface area contributed by atoms with Crippen LogP contribution in [0.1, 0.15) is 31.4 Å². The first-order valence-electron chi connectivity index (χ1n) is 7.88. The van der Waals surface area contributed by atoms with E-state index in [0.29, 0.717) is 6.04 Å². The second-order valence-corrected chi connectivity index (χ2v) is 7.06. The Morgan fingerprint density at radius 3 is 2.82 bits per heavy atom. The predicted octanol–water partition coefficient (Wildman–Crippen LogP) is 2.13. The maximum atomic E-state index is 6.22. The lowest BCUT2D eigenvalue weighted by molar-refractivity contribution is 0.0899. The van der Waals surface area contributed by atoms with Gasteiger partial charge in [0.25, 0.3) is 0 Å². The Balaban J connectivity index is 1.73. The van der Waals surface area contributed by atoms with Crippen molar-refractivity contribution in [3.05, 3.63) is 42.0 Å². The molecule has 0 saturated carbocycles. The van der Waals surface area contributed by atoms with E-state index in [1.54, 1.807) is 12.7 Å². The van der Waals surface area contributed by atoms with Gasteiger partial charge >= 0.3 is 0 Å². The highest BCUT2D eigenvalue weighted by Crippen LogP contribution is 2.28. The zero-order valence-corrected chi connectivity index (χ0v) is 13.7. The summed E-state index contributed by atoms with van der Waals surface area (Å²) in [7, 11) is 0. The second kappa shape index (κ2) is 5.82. The number of aryl methyl sites for hydroxylation is 1. The maximum absolute atomic E-state index is 6.22. The van der Waals surface area contributed by atoms with Gasteiger partial charge < -0.3 is 5.73 Å². The number of likely N-dealkylation sites (tertiary alicyclic amines) is 1. The van der Waals surface area contributed by atoms with Gasteiger partial charge in [0.15, 0.2) is 0 Å². The second-order valence-electron chi connectivity index (χ2n) is 7.06. The molecule has 1 atom stereocenters. The third kappa shape index (κ3) is 3.05. The molecule has 0 bridgehead atoms. The van der Waals surface area contributed by atoms with E-state index in [0.717, 1.165) is 31.7 Å². The molecule has 0 aliphatic carbocycles. The summed E-state index contributed by atoms with van der Waals surface area (Å²) < 4.78 is 1.81. The monoisotopic (exact) mass is 299 g/mol. The van der Waals surface area contributed by atoms with Crippen LogP contribution in [0.4, 0.5) is 0 Å². The Morgan fingerprint density at radius 1 is 1.36 bits per heavy atom. The molecule has 0 amide bonds. The Morgan fingerprint density at radius 2 is 2.18 bits per heavy atom. The summed E-state index contributed by atoms with van der Waals surface area (Å²) >= 11 is 0. The standard InChI is InChI=1S/C17H25N5/c1-13-8-14(4-5-15(13)22-12-19-11-20-22)9-21-7-6-16(18)17(2,3)10-21/h4-5,8,11-12,16H,6-7,9-10,18H2,1-3H3. The molecule has 0 spiro atoms. The van der Waals surface area contributed by atoms with Crippen molar-refractivity contribution in [2.45, 2.75) is 39.8 Å². The molecular weight excluding hydrogens is 274 g/mol. The number of hydrogen-bond acceptors (Lipinski definition) is 4. The zero-order valence-electron chi connectivity index (χ0n) is 13.7. The normalized spacial score (nSPS) is 21.9. The minimum absolute atomic E-state index is 0.188. The average Bonchev–Trinajstić information content (AvgIpc) is 2.97. The fraction of sp³-hybridized carbons (Fsp3) is 0.529. The van der Waals surface area contributed by atoms with Gasteiger partial charge in [0.1, 0.15) is 12.7 Å². The molecule has 1 unspecified atom stereocenters. The number of nitrogens with zero attached hydrogens (tertiary/aromatic N) is 4. The largest absolute Gasteiger partial charge is 0.327 e. The molecule has 1 saturated heterocycles. The van der Waals surface area contributed by atoms with Gasteiger partial charge in [-0.2, -0.15) is 5.10 Å². The van der Waals surface area contributed by atoms with Gasteiger partial charge in [-0.3, -0.25) is 4.90 Å². The minimum atomic E-state index is 0.188. The van der Waals surface area contributed by atoms with Crippen LogP contribution in [0.15, 0.2) is 30.9 Å². The van der Waals surface area contributed by atoms with E-state index in [1.807, 2.05) is 4.68 Å². The third-order valence-corrected chi connectivity index (χ3v) is 4.72. The van der Waals surface area contributed by atoms with Gasteiger partial charge in [-0.05, 0) is 36.0 Å². The molecule has 3 rings (SSSR count). The van der Waals surface area contributed by atoms with Crippen LogP contribution in [0.25, 0.3) is 5.69 Å². The summed E-state index contributed by atoms with van der Waals surface area (Å²) in [5, 5.41) is 4.20. The van der Waals surface area contributed by atoms with E-state index in [-0.39, 0.29) is 5.41 Å². The molecule has 1 aliphatic rings. The van der Waals surface area contributed by atoms with Gasteiger partial charge in [0.05, 0.1) is 5.69 Å². The predicted molar refractivity (Wildman–Crippen MR) is 87.7 cm³/mol. The lowest BCUT2D eigenvalue weighted by atomic mass is 9.79. The van der Waals surface area contributed by atoms with Gasteiger partial charge in [-0.15, -0.1) is 0 Å². The lowest BCUT2D eigenvalue weighted by Crippen LogP contribution is -2.52. The maximum Gasteiger partial charge on any atom is 0.138 e. The Kier molecular flexibility index (Phi) is 4.02. The average molecular weight is 299 g/mol. The molecule has 5 nitrogen and oxygen atoms in total. The fourth-order valence-corrected chi connectivity index (χ4v) is 3.28. The smallest absolute Gasteiger partial charge is 0.138 e. The molecular formula is C17H25N5. The van der Waals surface area contributed by atoms with Gasteiger partial charge in [0.2, 0.25) is 0 Å². The minimum Gasteiger partial charge on any atom is -0.327 e. The Labute approximate surface area is 132 Å².